The van der Waals surface area contributed by atoms with E-state index in [1.165, 1.54) is 19.4 Å². The second-order valence-corrected chi connectivity index (χ2v) is 6.59. The van der Waals surface area contributed by atoms with Crippen LogP contribution in [-0.4, -0.2) is 48.8 Å². The third kappa shape index (κ3) is 2.45. The van der Waals surface area contributed by atoms with Gasteiger partial charge in [0, 0.05) is 43.2 Å². The topological polar surface area (TPSA) is 24.5 Å². The van der Waals surface area contributed by atoms with Gasteiger partial charge in [-0.1, -0.05) is 20.8 Å². The van der Waals surface area contributed by atoms with Crippen LogP contribution in [0.2, 0.25) is 0 Å². The fraction of sp³-hybridized carbons (Fsp3) is 1.00. The number of nitrogens with zero attached hydrogens (tertiary/aromatic N) is 1. The van der Waals surface area contributed by atoms with Gasteiger partial charge in [-0.3, -0.25) is 4.90 Å². The summed E-state index contributed by atoms with van der Waals surface area (Å²) in [5, 5.41) is 3.61. The lowest BCUT2D eigenvalue weighted by molar-refractivity contribution is -0.162. The van der Waals surface area contributed by atoms with E-state index in [9.17, 15) is 0 Å². The van der Waals surface area contributed by atoms with Crippen LogP contribution in [0.15, 0.2) is 0 Å². The maximum Gasteiger partial charge on any atom is 0.0655 e. The number of hydrogen-bond acceptors (Lipinski definition) is 3. The molecule has 3 heteroatoms. The number of nitrogens with one attached hydrogen (secondary N) is 1. The molecule has 1 aliphatic heterocycles. The molecule has 1 N–H and O–H groups in total. The predicted molar refractivity (Wildman–Crippen MR) is 75.8 cm³/mol. The fourth-order valence-corrected chi connectivity index (χ4v) is 3.66. The van der Waals surface area contributed by atoms with Gasteiger partial charge in [-0.05, 0) is 26.7 Å². The van der Waals surface area contributed by atoms with Crippen LogP contribution in [0.1, 0.15) is 47.5 Å². The van der Waals surface area contributed by atoms with Crippen LogP contribution in [0.5, 0.6) is 0 Å². The molecule has 18 heavy (non-hydrogen) atoms. The predicted octanol–water partition coefficient (Wildman–Crippen LogP) is 2.26. The van der Waals surface area contributed by atoms with Gasteiger partial charge in [0.25, 0.3) is 0 Å². The molecule has 2 aliphatic rings. The van der Waals surface area contributed by atoms with Crippen LogP contribution in [0.4, 0.5) is 0 Å². The largest absolute Gasteiger partial charge is 0.378 e. The quantitative estimate of drug-likeness (QED) is 0.833. The molecule has 0 radical (unpaired) electrons. The van der Waals surface area contributed by atoms with Crippen LogP contribution < -0.4 is 5.32 Å². The number of hydrogen-bond donors (Lipinski definition) is 1. The van der Waals surface area contributed by atoms with E-state index in [4.69, 9.17) is 4.74 Å². The van der Waals surface area contributed by atoms with Crippen LogP contribution in [0.3, 0.4) is 0 Å². The van der Waals surface area contributed by atoms with Crippen molar-refractivity contribution in [1.82, 2.24) is 10.2 Å². The van der Waals surface area contributed by atoms with Crippen molar-refractivity contribution in [3.63, 3.8) is 0 Å². The molecular weight excluding hydrogens is 224 g/mol. The smallest absolute Gasteiger partial charge is 0.0655 e. The SMILES string of the molecule is CCOC1CC(N2CC(C)NCC2CC)C1(C)C. The molecule has 4 unspecified atom stereocenters. The molecule has 2 rings (SSSR count). The monoisotopic (exact) mass is 254 g/mol. The molecule has 106 valence electrons. The Morgan fingerprint density at radius 2 is 2.06 bits per heavy atom. The fourth-order valence-electron chi connectivity index (χ4n) is 3.66. The van der Waals surface area contributed by atoms with Gasteiger partial charge in [-0.2, -0.15) is 0 Å². The van der Waals surface area contributed by atoms with E-state index in [1.54, 1.807) is 0 Å². The Labute approximate surface area is 112 Å². The highest BCUT2D eigenvalue weighted by Gasteiger charge is 2.53. The molecule has 0 aromatic rings. The van der Waals surface area contributed by atoms with Crippen molar-refractivity contribution >= 4 is 0 Å². The first-order valence-electron chi connectivity index (χ1n) is 7.61. The Morgan fingerprint density at radius 1 is 1.33 bits per heavy atom. The molecule has 0 bridgehead atoms. The Hall–Kier alpha value is -0.120. The molecule has 0 aromatic carbocycles. The van der Waals surface area contributed by atoms with Gasteiger partial charge < -0.3 is 10.1 Å². The summed E-state index contributed by atoms with van der Waals surface area (Å²) >= 11 is 0. The second-order valence-electron chi connectivity index (χ2n) is 6.59. The number of piperazine rings is 1. The Morgan fingerprint density at radius 3 is 2.61 bits per heavy atom. The highest BCUT2D eigenvalue weighted by atomic mass is 16.5. The maximum atomic E-state index is 5.87. The van der Waals surface area contributed by atoms with Crippen molar-refractivity contribution in [3.05, 3.63) is 0 Å². The summed E-state index contributed by atoms with van der Waals surface area (Å²) in [4.78, 5) is 2.75. The normalized spacial score (nSPS) is 40.5. The highest BCUT2D eigenvalue weighted by molar-refractivity contribution is 5.06. The van der Waals surface area contributed by atoms with Gasteiger partial charge in [0.1, 0.15) is 0 Å². The lowest BCUT2D eigenvalue weighted by Gasteiger charge is -2.59. The third-order valence-electron chi connectivity index (χ3n) is 5.02. The Kier molecular flexibility index (Phi) is 4.35. The average molecular weight is 254 g/mol. The molecule has 1 saturated carbocycles. The summed E-state index contributed by atoms with van der Waals surface area (Å²) in [7, 11) is 0. The van der Waals surface area contributed by atoms with Crippen molar-refractivity contribution in [1.29, 1.82) is 0 Å². The van der Waals surface area contributed by atoms with E-state index in [0.717, 1.165) is 13.2 Å². The molecule has 4 atom stereocenters. The zero-order chi connectivity index (χ0) is 13.3. The van der Waals surface area contributed by atoms with Crippen molar-refractivity contribution < 1.29 is 4.74 Å². The minimum absolute atomic E-state index is 0.306. The summed E-state index contributed by atoms with van der Waals surface area (Å²) in [5.41, 5.74) is 0.306. The van der Waals surface area contributed by atoms with Crippen molar-refractivity contribution in [2.24, 2.45) is 5.41 Å². The van der Waals surface area contributed by atoms with Gasteiger partial charge >= 0.3 is 0 Å². The zero-order valence-electron chi connectivity index (χ0n) is 12.7. The Bertz CT molecular complexity index is 280. The van der Waals surface area contributed by atoms with E-state index in [0.29, 0.717) is 29.6 Å². The lowest BCUT2D eigenvalue weighted by Crippen LogP contribution is -2.68. The first-order valence-corrected chi connectivity index (χ1v) is 7.61. The van der Waals surface area contributed by atoms with Crippen molar-refractivity contribution in [2.75, 3.05) is 19.7 Å². The number of rotatable bonds is 4. The highest BCUT2D eigenvalue weighted by Crippen LogP contribution is 2.46. The van der Waals surface area contributed by atoms with Gasteiger partial charge in [-0.25, -0.2) is 0 Å². The van der Waals surface area contributed by atoms with Crippen LogP contribution in [0.25, 0.3) is 0 Å². The molecule has 1 heterocycles. The second kappa shape index (κ2) is 5.48. The minimum atomic E-state index is 0.306. The van der Waals surface area contributed by atoms with Gasteiger partial charge in [0.05, 0.1) is 6.10 Å². The van der Waals surface area contributed by atoms with E-state index in [1.807, 2.05) is 0 Å². The molecule has 2 fully saturated rings. The van der Waals surface area contributed by atoms with E-state index in [2.05, 4.69) is 44.8 Å². The van der Waals surface area contributed by atoms with Gasteiger partial charge in [-0.15, -0.1) is 0 Å². The maximum absolute atomic E-state index is 5.87. The first-order chi connectivity index (χ1) is 8.50. The molecule has 0 spiro atoms. The summed E-state index contributed by atoms with van der Waals surface area (Å²) in [6.07, 6.45) is 2.91. The van der Waals surface area contributed by atoms with Crippen molar-refractivity contribution in [2.45, 2.75) is 71.7 Å². The molecular formula is C15H30N2O. The molecule has 1 aliphatic carbocycles. The number of ether oxygens (including phenoxy) is 1. The van der Waals surface area contributed by atoms with Crippen molar-refractivity contribution in [3.8, 4) is 0 Å². The summed E-state index contributed by atoms with van der Waals surface area (Å²) < 4.78 is 5.87. The molecule has 0 aromatic heterocycles. The summed E-state index contributed by atoms with van der Waals surface area (Å²) in [5.74, 6) is 0. The summed E-state index contributed by atoms with van der Waals surface area (Å²) in [6.45, 7) is 14.6. The minimum Gasteiger partial charge on any atom is -0.378 e. The lowest BCUT2D eigenvalue weighted by atomic mass is 9.63. The van der Waals surface area contributed by atoms with Gasteiger partial charge in [0.2, 0.25) is 0 Å². The average Bonchev–Trinajstić information content (AvgIpc) is 2.34. The van der Waals surface area contributed by atoms with Crippen LogP contribution in [-0.2, 0) is 4.74 Å². The Balaban J connectivity index is 2.02. The zero-order valence-corrected chi connectivity index (χ0v) is 12.7. The first kappa shape index (κ1) is 14.3. The standard InChI is InChI=1S/C15H30N2O/c1-6-12-9-16-11(3)10-17(12)13-8-14(18-7-2)15(13,4)5/h11-14,16H,6-10H2,1-5H3. The summed E-state index contributed by atoms with van der Waals surface area (Å²) in [6, 6.07) is 2.02. The third-order valence-corrected chi connectivity index (χ3v) is 5.02. The molecule has 1 saturated heterocycles. The van der Waals surface area contributed by atoms with Crippen LogP contribution >= 0.6 is 0 Å². The van der Waals surface area contributed by atoms with Gasteiger partial charge in [0.15, 0.2) is 0 Å². The molecule has 0 amide bonds. The van der Waals surface area contributed by atoms with E-state index >= 15 is 0 Å². The molecule has 3 nitrogen and oxygen atoms in total. The van der Waals surface area contributed by atoms with Crippen LogP contribution in [0, 0.1) is 5.41 Å². The van der Waals surface area contributed by atoms with E-state index in [-0.39, 0.29) is 0 Å². The van der Waals surface area contributed by atoms with E-state index < -0.39 is 0 Å².